The summed E-state index contributed by atoms with van der Waals surface area (Å²) in [4.78, 5) is 24.5. The Bertz CT molecular complexity index is 795. The van der Waals surface area contributed by atoms with E-state index < -0.39 is 0 Å². The number of aromatic nitrogens is 1. The molecule has 1 aliphatic rings. The van der Waals surface area contributed by atoms with Crippen molar-refractivity contribution < 1.29 is 4.79 Å². The van der Waals surface area contributed by atoms with E-state index in [1.807, 2.05) is 30.0 Å². The quantitative estimate of drug-likeness (QED) is 0.640. The Labute approximate surface area is 158 Å². The number of aryl methyl sites for hydroxylation is 3. The third-order valence-corrected chi connectivity index (χ3v) is 5.59. The summed E-state index contributed by atoms with van der Waals surface area (Å²) < 4.78 is 0. The van der Waals surface area contributed by atoms with Gasteiger partial charge in [-0.2, -0.15) is 0 Å². The van der Waals surface area contributed by atoms with Gasteiger partial charge in [0, 0.05) is 24.2 Å². The monoisotopic (exact) mass is 371 g/mol. The molecule has 7 heteroatoms. The highest BCUT2D eigenvalue weighted by Crippen LogP contribution is 2.26. The molecule has 1 aromatic carbocycles. The molecule has 1 aliphatic heterocycles. The van der Waals surface area contributed by atoms with Gasteiger partial charge in [0.25, 0.3) is 0 Å². The number of nitrogens with zero attached hydrogens (tertiary/aromatic N) is 3. The molecule has 0 bridgehead atoms. The second-order valence-corrected chi connectivity index (χ2v) is 7.59. The lowest BCUT2D eigenvalue weighted by atomic mass is 10.0. The van der Waals surface area contributed by atoms with Crippen LogP contribution in [-0.4, -0.2) is 37.0 Å². The molecule has 0 saturated heterocycles. The lowest BCUT2D eigenvalue weighted by Gasteiger charge is -2.29. The number of amides is 1. The van der Waals surface area contributed by atoms with E-state index in [4.69, 9.17) is 0 Å². The highest BCUT2D eigenvalue weighted by atomic mass is 32.1. The van der Waals surface area contributed by atoms with Gasteiger partial charge in [-0.1, -0.05) is 18.2 Å². The van der Waals surface area contributed by atoms with Gasteiger partial charge in [-0.05, 0) is 38.3 Å². The molecule has 6 nitrogen and oxygen atoms in total. The van der Waals surface area contributed by atoms with Crippen LogP contribution in [0.15, 0.2) is 29.3 Å². The number of thiazole rings is 1. The van der Waals surface area contributed by atoms with E-state index in [0.717, 1.165) is 35.8 Å². The van der Waals surface area contributed by atoms with Crippen LogP contribution in [0.3, 0.4) is 0 Å². The number of fused-ring (bicyclic) bond motifs is 1. The Morgan fingerprint density at radius 2 is 2.12 bits per heavy atom. The van der Waals surface area contributed by atoms with Crippen LogP contribution in [-0.2, 0) is 17.8 Å². The van der Waals surface area contributed by atoms with Crippen LogP contribution in [0.1, 0.15) is 27.6 Å². The normalized spacial score (nSPS) is 14.1. The van der Waals surface area contributed by atoms with Crippen molar-refractivity contribution in [3.05, 3.63) is 45.4 Å². The van der Waals surface area contributed by atoms with E-state index in [1.165, 1.54) is 10.4 Å². The first-order valence-electron chi connectivity index (χ1n) is 8.84. The van der Waals surface area contributed by atoms with Crippen molar-refractivity contribution in [2.24, 2.45) is 4.99 Å². The highest BCUT2D eigenvalue weighted by molar-refractivity contribution is 7.11. The molecule has 2 N–H and O–H groups in total. The number of benzene rings is 1. The Morgan fingerprint density at radius 3 is 2.85 bits per heavy atom. The van der Waals surface area contributed by atoms with Gasteiger partial charge >= 0.3 is 0 Å². The van der Waals surface area contributed by atoms with Crippen molar-refractivity contribution in [2.45, 2.75) is 33.2 Å². The molecule has 0 saturated carbocycles. The Morgan fingerprint density at radius 1 is 1.31 bits per heavy atom. The molecule has 26 heavy (non-hydrogen) atoms. The molecular weight excluding hydrogens is 346 g/mol. The lowest BCUT2D eigenvalue weighted by molar-refractivity contribution is -0.117. The van der Waals surface area contributed by atoms with Crippen molar-refractivity contribution >= 4 is 28.9 Å². The summed E-state index contributed by atoms with van der Waals surface area (Å²) in [5.74, 6) is 0.662. The zero-order valence-electron chi connectivity index (χ0n) is 15.5. The van der Waals surface area contributed by atoms with Gasteiger partial charge in [0.1, 0.15) is 5.01 Å². The number of nitrogens with one attached hydrogen (secondary N) is 2. The van der Waals surface area contributed by atoms with Gasteiger partial charge in [-0.25, -0.2) is 4.98 Å². The number of para-hydroxylation sites is 1. The molecule has 1 amide bonds. The Balaban J connectivity index is 1.55. The number of hydrogen-bond acceptors (Lipinski definition) is 4. The fourth-order valence-corrected chi connectivity index (χ4v) is 3.92. The molecule has 0 aliphatic carbocycles. The number of carbonyl (C=O) groups is 1. The van der Waals surface area contributed by atoms with Crippen molar-refractivity contribution in [2.75, 3.05) is 25.0 Å². The number of rotatable bonds is 4. The average molecular weight is 372 g/mol. The molecule has 2 heterocycles. The van der Waals surface area contributed by atoms with Gasteiger partial charge in [-0.3, -0.25) is 9.79 Å². The lowest BCUT2D eigenvalue weighted by Crippen LogP contribution is -2.45. The molecule has 2 aromatic rings. The average Bonchev–Trinajstić information content (AvgIpc) is 2.99. The van der Waals surface area contributed by atoms with Crippen molar-refractivity contribution in [1.82, 2.24) is 15.6 Å². The van der Waals surface area contributed by atoms with Crippen molar-refractivity contribution in [1.29, 1.82) is 0 Å². The van der Waals surface area contributed by atoms with Crippen LogP contribution in [0.25, 0.3) is 0 Å². The van der Waals surface area contributed by atoms with Gasteiger partial charge in [0.15, 0.2) is 5.96 Å². The Hall–Kier alpha value is -2.41. The fraction of sp³-hybridized carbons (Fsp3) is 0.421. The van der Waals surface area contributed by atoms with E-state index >= 15 is 0 Å². The SMILES string of the molecule is CN=C(NCC(=O)N1CCCc2ccccc21)NCc1nc(C)c(C)s1. The van der Waals surface area contributed by atoms with E-state index in [1.54, 1.807) is 18.4 Å². The maximum atomic E-state index is 12.7. The van der Waals surface area contributed by atoms with Gasteiger partial charge < -0.3 is 15.5 Å². The summed E-state index contributed by atoms with van der Waals surface area (Å²) in [7, 11) is 1.70. The molecular formula is C19H25N5OS. The summed E-state index contributed by atoms with van der Waals surface area (Å²) >= 11 is 1.67. The molecule has 0 atom stereocenters. The smallest absolute Gasteiger partial charge is 0.246 e. The van der Waals surface area contributed by atoms with Crippen LogP contribution in [0, 0.1) is 13.8 Å². The van der Waals surface area contributed by atoms with E-state index in [-0.39, 0.29) is 12.5 Å². The molecule has 0 spiro atoms. The summed E-state index contributed by atoms with van der Waals surface area (Å²) in [5, 5.41) is 7.35. The fourth-order valence-electron chi connectivity index (χ4n) is 3.04. The number of hydrogen-bond donors (Lipinski definition) is 2. The zero-order chi connectivity index (χ0) is 18.5. The van der Waals surface area contributed by atoms with E-state index in [0.29, 0.717) is 12.5 Å². The highest BCUT2D eigenvalue weighted by Gasteiger charge is 2.21. The standard InChI is InChI=1S/C19H25N5OS/c1-13-14(2)26-17(23-13)11-21-19(20-3)22-12-18(25)24-10-6-8-15-7-4-5-9-16(15)24/h4-5,7,9H,6,8,10-12H2,1-3H3,(H2,20,21,22). The van der Waals surface area contributed by atoms with Gasteiger partial charge in [-0.15, -0.1) is 11.3 Å². The predicted octanol–water partition coefficient (Wildman–Crippen LogP) is 2.40. The minimum Gasteiger partial charge on any atom is -0.350 e. The molecule has 0 radical (unpaired) electrons. The zero-order valence-corrected chi connectivity index (χ0v) is 16.3. The van der Waals surface area contributed by atoms with Crippen LogP contribution in [0.5, 0.6) is 0 Å². The predicted molar refractivity (Wildman–Crippen MR) is 107 cm³/mol. The maximum Gasteiger partial charge on any atom is 0.246 e. The van der Waals surface area contributed by atoms with Gasteiger partial charge in [0.05, 0.1) is 18.8 Å². The van der Waals surface area contributed by atoms with Crippen LogP contribution in [0.4, 0.5) is 5.69 Å². The third-order valence-electron chi connectivity index (χ3n) is 4.52. The van der Waals surface area contributed by atoms with E-state index in [2.05, 4.69) is 33.6 Å². The summed E-state index contributed by atoms with van der Waals surface area (Å²) in [6.45, 7) is 5.65. The number of anilines is 1. The van der Waals surface area contributed by atoms with Crippen LogP contribution >= 0.6 is 11.3 Å². The topological polar surface area (TPSA) is 69.6 Å². The molecule has 0 unspecified atom stereocenters. The second-order valence-electron chi connectivity index (χ2n) is 6.31. The Kier molecular flexibility index (Phi) is 5.88. The first-order valence-corrected chi connectivity index (χ1v) is 9.66. The number of carbonyl (C=O) groups excluding carboxylic acids is 1. The van der Waals surface area contributed by atoms with E-state index in [9.17, 15) is 4.79 Å². The summed E-state index contributed by atoms with van der Waals surface area (Å²) in [6.07, 6.45) is 2.03. The van der Waals surface area contributed by atoms with Crippen molar-refractivity contribution in [3.63, 3.8) is 0 Å². The second kappa shape index (κ2) is 8.31. The van der Waals surface area contributed by atoms with Crippen molar-refractivity contribution in [3.8, 4) is 0 Å². The molecule has 138 valence electrons. The largest absolute Gasteiger partial charge is 0.350 e. The maximum absolute atomic E-state index is 12.7. The third kappa shape index (κ3) is 4.22. The summed E-state index contributed by atoms with van der Waals surface area (Å²) in [6, 6.07) is 8.13. The number of guanidine groups is 1. The number of aliphatic imine (C=N–C) groups is 1. The molecule has 0 fully saturated rings. The summed E-state index contributed by atoms with van der Waals surface area (Å²) in [5.41, 5.74) is 3.33. The minimum atomic E-state index is 0.0565. The molecule has 1 aromatic heterocycles. The first-order chi connectivity index (χ1) is 12.6. The van der Waals surface area contributed by atoms with Crippen LogP contribution < -0.4 is 15.5 Å². The minimum absolute atomic E-state index is 0.0565. The van der Waals surface area contributed by atoms with Crippen LogP contribution in [0.2, 0.25) is 0 Å². The van der Waals surface area contributed by atoms with Gasteiger partial charge in [0.2, 0.25) is 5.91 Å². The molecule has 3 rings (SSSR count). The first kappa shape index (κ1) is 18.4.